The third-order valence-corrected chi connectivity index (χ3v) is 8.17. The Bertz CT molecular complexity index is 1400. The van der Waals surface area contributed by atoms with Crippen molar-refractivity contribution in [1.29, 1.82) is 0 Å². The van der Waals surface area contributed by atoms with Gasteiger partial charge in [-0.25, -0.2) is 16.8 Å². The molecule has 0 aromatic heterocycles. The number of amides is 1. The Labute approximate surface area is 200 Å². The molecule has 3 rings (SSSR count). The van der Waals surface area contributed by atoms with E-state index in [1.807, 2.05) is 19.9 Å². The highest BCUT2D eigenvalue weighted by molar-refractivity contribution is 7.93. The van der Waals surface area contributed by atoms with Gasteiger partial charge < -0.3 is 5.32 Å². The van der Waals surface area contributed by atoms with Gasteiger partial charge >= 0.3 is 0 Å². The topological polar surface area (TPSA) is 104 Å². The summed E-state index contributed by atoms with van der Waals surface area (Å²) in [5, 5.41) is 2.67. The number of nitrogens with one attached hydrogen (secondary N) is 1. The molecule has 0 atom stereocenters. The SMILES string of the molecule is Cc1ccc(S(=O)(=O)N(CC(=O)Nc2cccc(N(C)S(C)(=O)=O)c2)c2cccc(C)c2)cc1. The average molecular weight is 502 g/mol. The molecule has 0 spiro atoms. The molecule has 0 bridgehead atoms. The molecule has 3 aromatic rings. The van der Waals surface area contributed by atoms with Gasteiger partial charge in [0, 0.05) is 12.7 Å². The summed E-state index contributed by atoms with van der Waals surface area (Å²) in [5.41, 5.74) is 2.83. The Kier molecular flexibility index (Phi) is 7.32. The van der Waals surface area contributed by atoms with Crippen molar-refractivity contribution in [3.05, 3.63) is 83.9 Å². The number of benzene rings is 3. The van der Waals surface area contributed by atoms with E-state index in [-0.39, 0.29) is 4.90 Å². The number of sulfonamides is 2. The van der Waals surface area contributed by atoms with E-state index in [0.29, 0.717) is 17.1 Å². The Hall–Kier alpha value is -3.37. The van der Waals surface area contributed by atoms with E-state index in [9.17, 15) is 21.6 Å². The van der Waals surface area contributed by atoms with E-state index in [0.717, 1.165) is 26.0 Å². The summed E-state index contributed by atoms with van der Waals surface area (Å²) in [6.45, 7) is 3.23. The summed E-state index contributed by atoms with van der Waals surface area (Å²) in [5.74, 6) is -0.573. The molecule has 0 radical (unpaired) electrons. The number of carbonyl (C=O) groups excluding carboxylic acids is 1. The normalized spacial score (nSPS) is 11.6. The number of hydrogen-bond acceptors (Lipinski definition) is 5. The fraction of sp³-hybridized carbons (Fsp3) is 0.208. The first-order valence-corrected chi connectivity index (χ1v) is 13.7. The molecular formula is C24H27N3O5S2. The molecule has 3 aromatic carbocycles. The zero-order chi connectivity index (χ0) is 25.1. The van der Waals surface area contributed by atoms with Gasteiger partial charge in [0.05, 0.1) is 22.5 Å². The lowest BCUT2D eigenvalue weighted by molar-refractivity contribution is -0.114. The highest BCUT2D eigenvalue weighted by Gasteiger charge is 2.27. The Morgan fingerprint density at radius 3 is 2.06 bits per heavy atom. The second-order valence-corrected chi connectivity index (χ2v) is 11.9. The van der Waals surface area contributed by atoms with E-state index in [4.69, 9.17) is 0 Å². The molecule has 10 heteroatoms. The van der Waals surface area contributed by atoms with Crippen molar-refractivity contribution in [1.82, 2.24) is 0 Å². The summed E-state index contributed by atoms with van der Waals surface area (Å²) in [7, 11) is -6.10. The Morgan fingerprint density at radius 1 is 0.824 bits per heavy atom. The predicted molar refractivity (Wildman–Crippen MR) is 135 cm³/mol. The monoisotopic (exact) mass is 501 g/mol. The maximum atomic E-state index is 13.5. The zero-order valence-electron chi connectivity index (χ0n) is 19.4. The van der Waals surface area contributed by atoms with Crippen LogP contribution in [0.4, 0.5) is 17.1 Å². The number of anilines is 3. The molecule has 0 unspecified atom stereocenters. The van der Waals surface area contributed by atoms with Gasteiger partial charge in [0.2, 0.25) is 15.9 Å². The minimum absolute atomic E-state index is 0.0733. The Morgan fingerprint density at radius 2 is 1.44 bits per heavy atom. The van der Waals surface area contributed by atoms with E-state index in [1.165, 1.54) is 25.2 Å². The van der Waals surface area contributed by atoms with Crippen molar-refractivity contribution in [2.24, 2.45) is 0 Å². The summed E-state index contributed by atoms with van der Waals surface area (Å²) in [4.78, 5) is 13.0. The molecule has 180 valence electrons. The number of carbonyl (C=O) groups is 1. The van der Waals surface area contributed by atoms with E-state index in [1.54, 1.807) is 48.5 Å². The predicted octanol–water partition coefficient (Wildman–Crippen LogP) is 3.53. The van der Waals surface area contributed by atoms with Crippen molar-refractivity contribution < 1.29 is 21.6 Å². The second-order valence-electron chi connectivity index (χ2n) is 7.99. The summed E-state index contributed by atoms with van der Waals surface area (Å²) >= 11 is 0. The molecule has 0 aliphatic rings. The standard InChI is InChI=1S/C24H27N3O5S2/c1-18-11-13-23(14-12-18)34(31,32)27(22-10-5-7-19(2)15-22)17-24(28)25-20-8-6-9-21(16-20)26(3)33(4,29)30/h5-16H,17H2,1-4H3,(H,25,28). The van der Waals surface area contributed by atoms with Crippen LogP contribution in [0.5, 0.6) is 0 Å². The summed E-state index contributed by atoms with van der Waals surface area (Å²) < 4.78 is 52.7. The lowest BCUT2D eigenvalue weighted by Crippen LogP contribution is -2.38. The molecule has 0 aliphatic carbocycles. The van der Waals surface area contributed by atoms with Crippen LogP contribution < -0.4 is 13.9 Å². The molecule has 0 saturated heterocycles. The number of nitrogens with zero attached hydrogens (tertiary/aromatic N) is 2. The Balaban J connectivity index is 1.92. The molecule has 0 heterocycles. The minimum Gasteiger partial charge on any atom is -0.324 e. The number of rotatable bonds is 8. The van der Waals surface area contributed by atoms with Gasteiger partial charge in [-0.15, -0.1) is 0 Å². The zero-order valence-corrected chi connectivity index (χ0v) is 21.0. The summed E-state index contributed by atoms with van der Waals surface area (Å²) in [6.07, 6.45) is 1.08. The minimum atomic E-state index is -4.03. The second kappa shape index (κ2) is 9.86. The molecule has 8 nitrogen and oxygen atoms in total. The highest BCUT2D eigenvalue weighted by Crippen LogP contribution is 2.25. The molecule has 0 fully saturated rings. The molecule has 34 heavy (non-hydrogen) atoms. The van der Waals surface area contributed by atoms with Crippen molar-refractivity contribution >= 4 is 43.0 Å². The van der Waals surface area contributed by atoms with E-state index < -0.39 is 32.5 Å². The van der Waals surface area contributed by atoms with Crippen molar-refractivity contribution in [3.8, 4) is 0 Å². The van der Waals surface area contributed by atoms with Crippen LogP contribution in [0.1, 0.15) is 11.1 Å². The van der Waals surface area contributed by atoms with Crippen molar-refractivity contribution in [2.45, 2.75) is 18.7 Å². The summed E-state index contributed by atoms with van der Waals surface area (Å²) in [6, 6.07) is 19.6. The van der Waals surface area contributed by atoms with Gasteiger partial charge in [-0.2, -0.15) is 0 Å². The fourth-order valence-corrected chi connectivity index (χ4v) is 5.15. The van der Waals surface area contributed by atoms with Crippen LogP contribution in [0.3, 0.4) is 0 Å². The van der Waals surface area contributed by atoms with Crippen molar-refractivity contribution in [3.63, 3.8) is 0 Å². The lowest BCUT2D eigenvalue weighted by Gasteiger charge is -2.24. The molecular weight excluding hydrogens is 474 g/mol. The number of hydrogen-bond donors (Lipinski definition) is 1. The van der Waals surface area contributed by atoms with Gasteiger partial charge in [0.15, 0.2) is 0 Å². The van der Waals surface area contributed by atoms with Crippen LogP contribution >= 0.6 is 0 Å². The van der Waals surface area contributed by atoms with Crippen LogP contribution in [0.25, 0.3) is 0 Å². The largest absolute Gasteiger partial charge is 0.324 e. The average Bonchev–Trinajstić information content (AvgIpc) is 2.76. The first-order chi connectivity index (χ1) is 15.9. The number of aryl methyl sites for hydroxylation is 2. The van der Waals surface area contributed by atoms with Gasteiger partial charge in [-0.05, 0) is 61.9 Å². The van der Waals surface area contributed by atoms with Gasteiger partial charge in [-0.1, -0.05) is 35.9 Å². The van der Waals surface area contributed by atoms with Crippen LogP contribution in [0.2, 0.25) is 0 Å². The molecule has 1 N–H and O–H groups in total. The quantitative estimate of drug-likeness (QED) is 0.509. The lowest BCUT2D eigenvalue weighted by atomic mass is 10.2. The third-order valence-electron chi connectivity index (χ3n) is 5.18. The van der Waals surface area contributed by atoms with Gasteiger partial charge in [-0.3, -0.25) is 13.4 Å². The molecule has 0 saturated carbocycles. The maximum Gasteiger partial charge on any atom is 0.264 e. The smallest absolute Gasteiger partial charge is 0.264 e. The van der Waals surface area contributed by atoms with E-state index in [2.05, 4.69) is 5.32 Å². The first-order valence-electron chi connectivity index (χ1n) is 10.4. The van der Waals surface area contributed by atoms with Gasteiger partial charge in [0.1, 0.15) is 6.54 Å². The van der Waals surface area contributed by atoms with Crippen molar-refractivity contribution in [2.75, 3.05) is 33.8 Å². The van der Waals surface area contributed by atoms with Crippen LogP contribution in [0, 0.1) is 13.8 Å². The first kappa shape index (κ1) is 25.3. The van der Waals surface area contributed by atoms with Crippen LogP contribution in [-0.4, -0.2) is 42.6 Å². The maximum absolute atomic E-state index is 13.5. The third kappa shape index (κ3) is 5.95. The van der Waals surface area contributed by atoms with Gasteiger partial charge in [0.25, 0.3) is 10.0 Å². The molecule has 1 amide bonds. The molecule has 0 aliphatic heterocycles. The van der Waals surface area contributed by atoms with Crippen LogP contribution in [-0.2, 0) is 24.8 Å². The fourth-order valence-electron chi connectivity index (χ4n) is 3.24. The highest BCUT2D eigenvalue weighted by atomic mass is 32.2. The van der Waals surface area contributed by atoms with Crippen LogP contribution in [0.15, 0.2) is 77.7 Å². The van der Waals surface area contributed by atoms with E-state index >= 15 is 0 Å².